The van der Waals surface area contributed by atoms with Crippen LogP contribution in [0, 0.1) is 0 Å². The van der Waals surface area contributed by atoms with Crippen LogP contribution in [-0.2, 0) is 10.7 Å². The number of pyridine rings is 1. The lowest BCUT2D eigenvalue weighted by Gasteiger charge is -2.19. The van der Waals surface area contributed by atoms with Crippen LogP contribution in [0.15, 0.2) is 51.8 Å². The minimum Gasteiger partial charge on any atom is -0.437 e. The maximum absolute atomic E-state index is 12.9. The van der Waals surface area contributed by atoms with Crippen LogP contribution in [0.4, 0.5) is 0 Å². The minimum absolute atomic E-state index is 0.0368. The van der Waals surface area contributed by atoms with E-state index in [1.54, 1.807) is 16.8 Å². The Morgan fingerprint density at radius 3 is 2.62 bits per heavy atom. The highest BCUT2D eigenvalue weighted by atomic mass is 79.9. The average molecular weight is 412 g/mol. The van der Waals surface area contributed by atoms with E-state index in [9.17, 15) is 4.79 Å². The molecule has 3 heterocycles. The van der Waals surface area contributed by atoms with Gasteiger partial charge in [-0.25, -0.2) is 4.68 Å². The molecule has 0 saturated carbocycles. The van der Waals surface area contributed by atoms with Gasteiger partial charge in [-0.05, 0) is 41.3 Å². The fourth-order valence-electron chi connectivity index (χ4n) is 2.88. The summed E-state index contributed by atoms with van der Waals surface area (Å²) in [6, 6.07) is 11.2. The first-order valence-electron chi connectivity index (χ1n) is 8.36. The molecule has 0 fully saturated rings. The monoisotopic (exact) mass is 411 g/mol. The molecule has 0 N–H and O–H groups in total. The fourth-order valence-corrected chi connectivity index (χ4v) is 3.18. The number of alkyl halides is 1. The van der Waals surface area contributed by atoms with E-state index in [4.69, 9.17) is 4.42 Å². The highest BCUT2D eigenvalue weighted by Crippen LogP contribution is 2.26. The van der Waals surface area contributed by atoms with Crippen LogP contribution in [-0.4, -0.2) is 14.8 Å². The predicted molar refractivity (Wildman–Crippen MR) is 106 cm³/mol. The van der Waals surface area contributed by atoms with E-state index in [0.717, 1.165) is 11.3 Å². The second-order valence-electron chi connectivity index (χ2n) is 7.30. The van der Waals surface area contributed by atoms with Gasteiger partial charge in [-0.3, -0.25) is 4.79 Å². The summed E-state index contributed by atoms with van der Waals surface area (Å²) in [5, 5.41) is 6.14. The van der Waals surface area contributed by atoms with Gasteiger partial charge in [-0.2, -0.15) is 10.1 Å². The molecular weight excluding hydrogens is 394 g/mol. The van der Waals surface area contributed by atoms with Gasteiger partial charge in [0.1, 0.15) is 5.58 Å². The number of hydrogen-bond donors (Lipinski definition) is 0. The second-order valence-corrected chi connectivity index (χ2v) is 7.86. The van der Waals surface area contributed by atoms with Gasteiger partial charge in [-0.15, -0.1) is 0 Å². The highest BCUT2D eigenvalue weighted by molar-refractivity contribution is 9.08. The SMILES string of the molecule is CC(C)(C)c1ccc2oc3nc(-n4ccc(CBr)n4)ccc3c(=O)c2c1. The molecule has 0 bridgehead atoms. The van der Waals surface area contributed by atoms with Gasteiger partial charge < -0.3 is 4.42 Å². The van der Waals surface area contributed by atoms with Gasteiger partial charge in [0.05, 0.1) is 16.5 Å². The van der Waals surface area contributed by atoms with Crippen molar-refractivity contribution in [3.63, 3.8) is 0 Å². The predicted octanol–water partition coefficient (Wildman–Crippen LogP) is 4.72. The van der Waals surface area contributed by atoms with E-state index in [2.05, 4.69) is 46.8 Å². The summed E-state index contributed by atoms with van der Waals surface area (Å²) in [4.78, 5) is 17.4. The molecule has 1 aromatic carbocycles. The standard InChI is InChI=1S/C20H18BrN3O2/c1-20(2,3)12-4-6-16-15(10-12)18(25)14-5-7-17(22-19(14)26-16)24-9-8-13(11-21)23-24/h4-10H,11H2,1-3H3. The summed E-state index contributed by atoms with van der Waals surface area (Å²) in [5.74, 6) is 0.610. The second kappa shape index (κ2) is 6.06. The molecule has 26 heavy (non-hydrogen) atoms. The van der Waals surface area contributed by atoms with Gasteiger partial charge in [0, 0.05) is 11.5 Å². The third kappa shape index (κ3) is 2.84. The third-order valence-electron chi connectivity index (χ3n) is 4.40. The van der Waals surface area contributed by atoms with Crippen molar-refractivity contribution in [2.75, 3.05) is 0 Å². The Labute approximate surface area is 158 Å². The van der Waals surface area contributed by atoms with Crippen molar-refractivity contribution in [1.82, 2.24) is 14.8 Å². The lowest BCUT2D eigenvalue weighted by Crippen LogP contribution is -2.12. The first-order valence-corrected chi connectivity index (χ1v) is 9.48. The van der Waals surface area contributed by atoms with E-state index < -0.39 is 0 Å². The Hall–Kier alpha value is -2.47. The Balaban J connectivity index is 1.92. The van der Waals surface area contributed by atoms with Gasteiger partial charge in [-0.1, -0.05) is 42.8 Å². The van der Waals surface area contributed by atoms with E-state index in [0.29, 0.717) is 33.2 Å². The maximum atomic E-state index is 12.9. The molecular formula is C20H18BrN3O2. The number of halogens is 1. The number of fused-ring (bicyclic) bond motifs is 2. The number of rotatable bonds is 2. The molecule has 0 aliphatic carbocycles. The molecule has 3 aromatic heterocycles. The van der Waals surface area contributed by atoms with E-state index >= 15 is 0 Å². The zero-order valence-corrected chi connectivity index (χ0v) is 16.4. The Morgan fingerprint density at radius 2 is 1.92 bits per heavy atom. The molecule has 0 saturated heterocycles. The molecule has 0 amide bonds. The average Bonchev–Trinajstić information content (AvgIpc) is 3.09. The van der Waals surface area contributed by atoms with Gasteiger partial charge in [0.2, 0.25) is 11.1 Å². The van der Waals surface area contributed by atoms with Crippen LogP contribution in [0.25, 0.3) is 27.9 Å². The van der Waals surface area contributed by atoms with Crippen molar-refractivity contribution in [3.05, 3.63) is 64.1 Å². The zero-order chi connectivity index (χ0) is 18.5. The fraction of sp³-hybridized carbons (Fsp3) is 0.250. The normalized spacial score (nSPS) is 12.2. The Morgan fingerprint density at radius 1 is 1.12 bits per heavy atom. The number of benzene rings is 1. The van der Waals surface area contributed by atoms with Crippen molar-refractivity contribution >= 4 is 38.0 Å². The zero-order valence-electron chi connectivity index (χ0n) is 14.8. The number of hydrogen-bond acceptors (Lipinski definition) is 4. The third-order valence-corrected chi connectivity index (χ3v) is 4.98. The first kappa shape index (κ1) is 17.0. The molecule has 0 spiro atoms. The van der Waals surface area contributed by atoms with Crippen molar-refractivity contribution in [3.8, 4) is 5.82 Å². The molecule has 4 aromatic rings. The maximum Gasteiger partial charge on any atom is 0.232 e. The number of aromatic nitrogens is 3. The molecule has 0 aliphatic heterocycles. The topological polar surface area (TPSA) is 60.9 Å². The summed E-state index contributed by atoms with van der Waals surface area (Å²) in [7, 11) is 0. The van der Waals surface area contributed by atoms with Gasteiger partial charge in [0.25, 0.3) is 0 Å². The summed E-state index contributed by atoms with van der Waals surface area (Å²) >= 11 is 3.38. The molecule has 6 heteroatoms. The molecule has 0 unspecified atom stereocenters. The van der Waals surface area contributed by atoms with Crippen molar-refractivity contribution in [2.24, 2.45) is 0 Å². The number of nitrogens with zero attached hydrogens (tertiary/aromatic N) is 3. The largest absolute Gasteiger partial charge is 0.437 e. The van der Waals surface area contributed by atoms with Crippen LogP contribution >= 0.6 is 15.9 Å². The van der Waals surface area contributed by atoms with Crippen LogP contribution < -0.4 is 5.43 Å². The summed E-state index contributed by atoms with van der Waals surface area (Å²) < 4.78 is 7.60. The van der Waals surface area contributed by atoms with Gasteiger partial charge in [0.15, 0.2) is 5.82 Å². The lowest BCUT2D eigenvalue weighted by molar-refractivity contribution is 0.589. The van der Waals surface area contributed by atoms with Crippen LogP contribution in [0.2, 0.25) is 0 Å². The minimum atomic E-state index is -0.0620. The molecule has 132 valence electrons. The molecule has 0 aliphatic rings. The van der Waals surface area contributed by atoms with Gasteiger partial charge >= 0.3 is 0 Å². The molecule has 0 radical (unpaired) electrons. The molecule has 5 nitrogen and oxygen atoms in total. The van der Waals surface area contributed by atoms with E-state index in [1.807, 2.05) is 30.5 Å². The summed E-state index contributed by atoms with van der Waals surface area (Å²) in [5.41, 5.74) is 2.76. The Bertz CT molecular complexity index is 1190. The first-order chi connectivity index (χ1) is 12.4. The van der Waals surface area contributed by atoms with Crippen molar-refractivity contribution in [1.29, 1.82) is 0 Å². The van der Waals surface area contributed by atoms with Crippen LogP contribution in [0.5, 0.6) is 0 Å². The van der Waals surface area contributed by atoms with E-state index in [1.165, 1.54) is 0 Å². The molecule has 0 atom stereocenters. The molecule has 4 rings (SSSR count). The smallest absolute Gasteiger partial charge is 0.232 e. The lowest BCUT2D eigenvalue weighted by atomic mass is 9.86. The Kier molecular flexibility index (Phi) is 3.95. The van der Waals surface area contributed by atoms with Crippen LogP contribution in [0.3, 0.4) is 0 Å². The summed E-state index contributed by atoms with van der Waals surface area (Å²) in [6.45, 7) is 6.36. The highest BCUT2D eigenvalue weighted by Gasteiger charge is 2.17. The van der Waals surface area contributed by atoms with Crippen molar-refractivity contribution < 1.29 is 4.42 Å². The van der Waals surface area contributed by atoms with Crippen molar-refractivity contribution in [2.45, 2.75) is 31.5 Å². The van der Waals surface area contributed by atoms with Crippen LogP contribution in [0.1, 0.15) is 32.0 Å². The quantitative estimate of drug-likeness (QED) is 0.353. The summed E-state index contributed by atoms with van der Waals surface area (Å²) in [6.07, 6.45) is 1.83. The van der Waals surface area contributed by atoms with E-state index in [-0.39, 0.29) is 10.8 Å².